The van der Waals surface area contributed by atoms with E-state index in [0.717, 1.165) is 23.4 Å². The Balaban J connectivity index is 0.000000541. The van der Waals surface area contributed by atoms with Crippen molar-refractivity contribution < 1.29 is 19.4 Å². The quantitative estimate of drug-likeness (QED) is 0.750. The molecule has 1 atom stereocenters. The van der Waals surface area contributed by atoms with E-state index in [2.05, 4.69) is 4.98 Å². The van der Waals surface area contributed by atoms with Crippen LogP contribution in [0.15, 0.2) is 30.5 Å². The summed E-state index contributed by atoms with van der Waals surface area (Å²) in [5, 5.41) is 8.52. The van der Waals surface area contributed by atoms with E-state index in [1.54, 1.807) is 0 Å². The van der Waals surface area contributed by atoms with Gasteiger partial charge in [-0.25, -0.2) is 0 Å². The summed E-state index contributed by atoms with van der Waals surface area (Å²) in [6.45, 7) is 4.71. The van der Waals surface area contributed by atoms with Gasteiger partial charge in [0.2, 0.25) is 0 Å². The Hall–Kier alpha value is -2.34. The standard InChI is InChI=1S/C14H18N2O2.C2H4O2/c1-9(2)18-14(17)12(15)7-10-8-16-13-6-4-3-5-11(10)13;1-2(3)4/h3-6,8-9,12,16H,7,15H2,1-2H3;1H3,(H,3,4)/t12-;/m0./s1. The van der Waals surface area contributed by atoms with E-state index in [9.17, 15) is 4.79 Å². The van der Waals surface area contributed by atoms with Gasteiger partial charge in [0.05, 0.1) is 6.10 Å². The lowest BCUT2D eigenvalue weighted by atomic mass is 10.1. The first-order valence-electron chi connectivity index (χ1n) is 7.01. The lowest BCUT2D eigenvalue weighted by Crippen LogP contribution is -2.35. The van der Waals surface area contributed by atoms with Crippen LogP contribution in [0.1, 0.15) is 26.3 Å². The molecule has 0 bridgehead atoms. The number of H-pyrrole nitrogens is 1. The number of aromatic nitrogens is 1. The number of carbonyl (C=O) groups is 2. The minimum Gasteiger partial charge on any atom is -0.481 e. The maximum absolute atomic E-state index is 11.7. The van der Waals surface area contributed by atoms with Crippen LogP contribution < -0.4 is 5.73 Å². The summed E-state index contributed by atoms with van der Waals surface area (Å²) in [6.07, 6.45) is 2.24. The minimum absolute atomic E-state index is 0.133. The van der Waals surface area contributed by atoms with Crippen LogP contribution in [0.25, 0.3) is 10.9 Å². The molecule has 2 rings (SSSR count). The van der Waals surface area contributed by atoms with Gasteiger partial charge in [-0.1, -0.05) is 18.2 Å². The van der Waals surface area contributed by atoms with Crippen molar-refractivity contribution in [1.29, 1.82) is 0 Å². The average Bonchev–Trinajstić information content (AvgIpc) is 2.81. The molecule has 0 saturated carbocycles. The third kappa shape index (κ3) is 5.57. The Labute approximate surface area is 129 Å². The number of rotatable bonds is 4. The molecular formula is C16H22N2O4. The molecule has 0 fully saturated rings. The van der Waals surface area contributed by atoms with Gasteiger partial charge in [-0.05, 0) is 25.5 Å². The molecule has 0 saturated heterocycles. The summed E-state index contributed by atoms with van der Waals surface area (Å²) in [5.74, 6) is -1.18. The van der Waals surface area contributed by atoms with Crippen LogP contribution in [-0.2, 0) is 20.7 Å². The van der Waals surface area contributed by atoms with Gasteiger partial charge < -0.3 is 20.6 Å². The predicted octanol–water partition coefficient (Wildman–Crippen LogP) is 2.08. The summed E-state index contributed by atoms with van der Waals surface area (Å²) in [7, 11) is 0. The number of aromatic amines is 1. The average molecular weight is 306 g/mol. The first-order valence-corrected chi connectivity index (χ1v) is 7.01. The molecule has 2 aromatic rings. The molecule has 0 aliphatic rings. The van der Waals surface area contributed by atoms with Crippen LogP contribution in [0.4, 0.5) is 0 Å². The molecule has 0 radical (unpaired) electrons. The molecule has 120 valence electrons. The van der Waals surface area contributed by atoms with Crippen LogP contribution in [-0.4, -0.2) is 34.2 Å². The topological polar surface area (TPSA) is 105 Å². The van der Waals surface area contributed by atoms with Gasteiger partial charge in [0, 0.05) is 30.4 Å². The Morgan fingerprint density at radius 3 is 2.50 bits per heavy atom. The Morgan fingerprint density at radius 1 is 1.32 bits per heavy atom. The van der Waals surface area contributed by atoms with Gasteiger partial charge >= 0.3 is 5.97 Å². The zero-order valence-corrected chi connectivity index (χ0v) is 13.0. The summed E-state index contributed by atoms with van der Waals surface area (Å²) in [5.41, 5.74) is 7.95. The fraction of sp³-hybridized carbons (Fsp3) is 0.375. The van der Waals surface area contributed by atoms with Gasteiger partial charge in [-0.15, -0.1) is 0 Å². The van der Waals surface area contributed by atoms with Crippen LogP contribution >= 0.6 is 0 Å². The molecule has 4 N–H and O–H groups in total. The van der Waals surface area contributed by atoms with Crippen LogP contribution in [0, 0.1) is 0 Å². The van der Waals surface area contributed by atoms with Crippen molar-refractivity contribution in [3.05, 3.63) is 36.0 Å². The van der Waals surface area contributed by atoms with E-state index in [1.807, 2.05) is 44.3 Å². The van der Waals surface area contributed by atoms with E-state index >= 15 is 0 Å². The van der Waals surface area contributed by atoms with E-state index in [4.69, 9.17) is 20.4 Å². The van der Waals surface area contributed by atoms with Crippen molar-refractivity contribution in [3.63, 3.8) is 0 Å². The second-order valence-electron chi connectivity index (χ2n) is 5.17. The Kier molecular flexibility index (Phi) is 6.59. The lowest BCUT2D eigenvalue weighted by Gasteiger charge is -2.13. The molecule has 0 unspecified atom stereocenters. The third-order valence-electron chi connectivity index (χ3n) is 2.77. The number of nitrogens with two attached hydrogens (primary N) is 1. The maximum atomic E-state index is 11.7. The molecule has 0 amide bonds. The first kappa shape index (κ1) is 17.7. The van der Waals surface area contributed by atoms with E-state index in [0.29, 0.717) is 6.42 Å². The van der Waals surface area contributed by atoms with Crippen molar-refractivity contribution in [3.8, 4) is 0 Å². The van der Waals surface area contributed by atoms with Crippen molar-refractivity contribution in [2.45, 2.75) is 39.3 Å². The number of carboxylic acid groups (broad SMARTS) is 1. The molecule has 0 aliphatic heterocycles. The van der Waals surface area contributed by atoms with Gasteiger partial charge in [-0.3, -0.25) is 9.59 Å². The highest BCUT2D eigenvalue weighted by Gasteiger charge is 2.18. The number of ether oxygens (including phenoxy) is 1. The summed E-state index contributed by atoms with van der Waals surface area (Å²) in [6, 6.07) is 7.33. The maximum Gasteiger partial charge on any atom is 0.323 e. The van der Waals surface area contributed by atoms with Crippen molar-refractivity contribution in [2.75, 3.05) is 0 Å². The van der Waals surface area contributed by atoms with Gasteiger partial charge in [0.15, 0.2) is 0 Å². The summed E-state index contributed by atoms with van der Waals surface area (Å²) >= 11 is 0. The van der Waals surface area contributed by atoms with Crippen LogP contribution in [0.5, 0.6) is 0 Å². The molecular weight excluding hydrogens is 284 g/mol. The summed E-state index contributed by atoms with van der Waals surface area (Å²) < 4.78 is 5.10. The second kappa shape index (κ2) is 8.19. The predicted molar refractivity (Wildman–Crippen MR) is 84.5 cm³/mol. The van der Waals surface area contributed by atoms with Crippen molar-refractivity contribution >= 4 is 22.8 Å². The molecule has 1 aromatic heterocycles. The largest absolute Gasteiger partial charge is 0.481 e. The van der Waals surface area contributed by atoms with Crippen LogP contribution in [0.2, 0.25) is 0 Å². The van der Waals surface area contributed by atoms with Gasteiger partial charge in [0.1, 0.15) is 6.04 Å². The zero-order valence-electron chi connectivity index (χ0n) is 13.0. The fourth-order valence-electron chi connectivity index (χ4n) is 1.94. The summed E-state index contributed by atoms with van der Waals surface area (Å²) in [4.78, 5) is 23.8. The number of hydrogen-bond acceptors (Lipinski definition) is 4. The molecule has 1 heterocycles. The van der Waals surface area contributed by atoms with Crippen LogP contribution in [0.3, 0.4) is 0 Å². The molecule has 0 spiro atoms. The monoisotopic (exact) mass is 306 g/mol. The number of aliphatic carboxylic acids is 1. The number of fused-ring (bicyclic) bond motifs is 1. The number of carbonyl (C=O) groups excluding carboxylic acids is 1. The normalized spacial score (nSPS) is 11.7. The van der Waals surface area contributed by atoms with Gasteiger partial charge in [-0.2, -0.15) is 0 Å². The second-order valence-corrected chi connectivity index (χ2v) is 5.17. The molecule has 6 nitrogen and oxygen atoms in total. The zero-order chi connectivity index (χ0) is 16.7. The van der Waals surface area contributed by atoms with E-state index in [-0.39, 0.29) is 12.1 Å². The number of nitrogens with one attached hydrogen (secondary N) is 1. The van der Waals surface area contributed by atoms with Crippen molar-refractivity contribution in [2.24, 2.45) is 5.73 Å². The molecule has 0 aliphatic carbocycles. The smallest absolute Gasteiger partial charge is 0.323 e. The SMILES string of the molecule is CC(=O)O.CC(C)OC(=O)[C@@H](N)Cc1c[nH]c2ccccc12. The number of para-hydroxylation sites is 1. The minimum atomic E-state index is -0.833. The lowest BCUT2D eigenvalue weighted by molar-refractivity contribution is -0.149. The van der Waals surface area contributed by atoms with Gasteiger partial charge in [0.25, 0.3) is 5.97 Å². The third-order valence-corrected chi connectivity index (χ3v) is 2.77. The number of hydrogen-bond donors (Lipinski definition) is 3. The Morgan fingerprint density at radius 2 is 1.91 bits per heavy atom. The number of benzene rings is 1. The fourth-order valence-corrected chi connectivity index (χ4v) is 1.94. The highest BCUT2D eigenvalue weighted by Crippen LogP contribution is 2.18. The molecule has 6 heteroatoms. The molecule has 22 heavy (non-hydrogen) atoms. The highest BCUT2D eigenvalue weighted by atomic mass is 16.5. The Bertz CT molecular complexity index is 630. The molecule has 1 aromatic carbocycles. The van der Waals surface area contributed by atoms with Crippen molar-refractivity contribution in [1.82, 2.24) is 4.98 Å². The number of carboxylic acids is 1. The number of esters is 1. The van der Waals surface area contributed by atoms with E-state index in [1.165, 1.54) is 0 Å². The highest BCUT2D eigenvalue weighted by molar-refractivity contribution is 5.84. The first-order chi connectivity index (χ1) is 10.3. The van der Waals surface area contributed by atoms with E-state index < -0.39 is 12.0 Å².